The van der Waals surface area contributed by atoms with Gasteiger partial charge in [-0.3, -0.25) is 4.79 Å². The van der Waals surface area contributed by atoms with Gasteiger partial charge in [-0.05, 0) is 57.0 Å². The zero-order valence-corrected chi connectivity index (χ0v) is 19.4. The van der Waals surface area contributed by atoms with Crippen LogP contribution in [0.2, 0.25) is 5.02 Å². The van der Waals surface area contributed by atoms with Gasteiger partial charge in [-0.1, -0.05) is 41.6 Å². The topological polar surface area (TPSA) is 69.0 Å². The molecule has 3 rings (SSSR count). The molecule has 1 aromatic heterocycles. The SMILES string of the molecule is CCn1c(SCC(=O)Nc2c(C)cccc2C)nnc1C(C)Oc1ccc(F)cc1Cl. The second-order valence-corrected chi connectivity index (χ2v) is 8.37. The molecule has 1 unspecified atom stereocenters. The Balaban J connectivity index is 1.67. The molecule has 0 bridgehead atoms. The summed E-state index contributed by atoms with van der Waals surface area (Å²) in [6.45, 7) is 8.31. The first-order valence-electron chi connectivity index (χ1n) is 9.83. The van der Waals surface area contributed by atoms with Gasteiger partial charge in [-0.15, -0.1) is 10.2 Å². The van der Waals surface area contributed by atoms with Crippen LogP contribution in [0.4, 0.5) is 10.1 Å². The third-order valence-corrected chi connectivity index (χ3v) is 5.96. The van der Waals surface area contributed by atoms with Gasteiger partial charge in [-0.25, -0.2) is 4.39 Å². The van der Waals surface area contributed by atoms with Gasteiger partial charge in [-0.2, -0.15) is 0 Å². The Morgan fingerprint density at radius 3 is 2.61 bits per heavy atom. The number of para-hydroxylation sites is 1. The number of carbonyl (C=O) groups excluding carboxylic acids is 1. The molecule has 0 aliphatic rings. The van der Waals surface area contributed by atoms with Gasteiger partial charge in [0.15, 0.2) is 17.1 Å². The molecule has 2 aromatic carbocycles. The van der Waals surface area contributed by atoms with Crippen molar-refractivity contribution in [3.8, 4) is 5.75 Å². The van der Waals surface area contributed by atoms with Crippen LogP contribution in [0.25, 0.3) is 0 Å². The number of nitrogens with one attached hydrogen (secondary N) is 1. The molecule has 0 saturated carbocycles. The quantitative estimate of drug-likeness (QED) is 0.442. The highest BCUT2D eigenvalue weighted by Crippen LogP contribution is 2.30. The molecule has 0 saturated heterocycles. The van der Waals surface area contributed by atoms with Crippen LogP contribution in [-0.2, 0) is 11.3 Å². The van der Waals surface area contributed by atoms with Gasteiger partial charge in [0.05, 0.1) is 10.8 Å². The number of thioether (sulfide) groups is 1. The van der Waals surface area contributed by atoms with E-state index in [0.29, 0.717) is 23.3 Å². The second kappa shape index (κ2) is 10.2. The monoisotopic (exact) mass is 462 g/mol. The van der Waals surface area contributed by atoms with E-state index in [1.54, 1.807) is 0 Å². The summed E-state index contributed by atoms with van der Waals surface area (Å²) < 4.78 is 21.0. The largest absolute Gasteiger partial charge is 0.481 e. The van der Waals surface area contributed by atoms with Crippen LogP contribution >= 0.6 is 23.4 Å². The summed E-state index contributed by atoms with van der Waals surface area (Å²) in [6, 6.07) is 9.85. The highest BCUT2D eigenvalue weighted by atomic mass is 35.5. The lowest BCUT2D eigenvalue weighted by molar-refractivity contribution is -0.113. The fourth-order valence-corrected chi connectivity index (χ4v) is 4.16. The Bertz CT molecular complexity index is 1070. The number of halogens is 2. The molecular weight excluding hydrogens is 439 g/mol. The summed E-state index contributed by atoms with van der Waals surface area (Å²) >= 11 is 7.36. The number of nitrogens with zero attached hydrogens (tertiary/aromatic N) is 3. The van der Waals surface area contributed by atoms with Crippen molar-refractivity contribution in [3.63, 3.8) is 0 Å². The van der Waals surface area contributed by atoms with E-state index in [-0.39, 0.29) is 16.7 Å². The first-order valence-corrected chi connectivity index (χ1v) is 11.2. The molecule has 0 spiro atoms. The molecule has 31 heavy (non-hydrogen) atoms. The number of anilines is 1. The molecule has 1 heterocycles. The van der Waals surface area contributed by atoms with Crippen LogP contribution in [0, 0.1) is 19.7 Å². The van der Waals surface area contributed by atoms with Crippen LogP contribution in [0.1, 0.15) is 36.9 Å². The normalized spacial score (nSPS) is 11.9. The Morgan fingerprint density at radius 1 is 1.26 bits per heavy atom. The van der Waals surface area contributed by atoms with Gasteiger partial charge >= 0.3 is 0 Å². The third-order valence-electron chi connectivity index (χ3n) is 4.70. The maximum Gasteiger partial charge on any atom is 0.234 e. The molecule has 9 heteroatoms. The molecule has 0 aliphatic carbocycles. The fraction of sp³-hybridized carbons (Fsp3) is 0.318. The zero-order chi connectivity index (χ0) is 22.5. The number of hydrogen-bond acceptors (Lipinski definition) is 5. The number of aromatic nitrogens is 3. The predicted molar refractivity (Wildman–Crippen MR) is 121 cm³/mol. The fourth-order valence-electron chi connectivity index (χ4n) is 3.14. The molecule has 6 nitrogen and oxygen atoms in total. The summed E-state index contributed by atoms with van der Waals surface area (Å²) in [7, 11) is 0. The van der Waals surface area contributed by atoms with Gasteiger partial charge in [0, 0.05) is 12.2 Å². The van der Waals surface area contributed by atoms with Gasteiger partial charge < -0.3 is 14.6 Å². The van der Waals surface area contributed by atoms with Crippen LogP contribution < -0.4 is 10.1 Å². The van der Waals surface area contributed by atoms with E-state index in [0.717, 1.165) is 16.8 Å². The summed E-state index contributed by atoms with van der Waals surface area (Å²) in [5.41, 5.74) is 2.87. The van der Waals surface area contributed by atoms with Crippen LogP contribution in [0.3, 0.4) is 0 Å². The van der Waals surface area contributed by atoms with E-state index < -0.39 is 11.9 Å². The van der Waals surface area contributed by atoms with Crippen molar-refractivity contribution >= 4 is 35.0 Å². The third kappa shape index (κ3) is 5.57. The minimum atomic E-state index is -0.465. The molecule has 1 N–H and O–H groups in total. The molecule has 0 aliphatic heterocycles. The standard InChI is InChI=1S/C22H24ClFN4O2S/c1-5-28-21(15(4)30-18-10-9-16(24)11-17(18)23)26-27-22(28)31-12-19(29)25-20-13(2)7-6-8-14(20)3/h6-11,15H,5,12H2,1-4H3,(H,25,29). The molecule has 164 valence electrons. The molecule has 1 amide bonds. The maximum absolute atomic E-state index is 13.3. The van der Waals surface area contributed by atoms with Gasteiger partial charge in [0.25, 0.3) is 0 Å². The Kier molecular flexibility index (Phi) is 7.56. The van der Waals surface area contributed by atoms with E-state index in [4.69, 9.17) is 16.3 Å². The number of carbonyl (C=O) groups is 1. The van der Waals surface area contributed by atoms with E-state index in [1.807, 2.05) is 50.5 Å². The predicted octanol–water partition coefficient (Wildman–Crippen LogP) is 5.58. The lowest BCUT2D eigenvalue weighted by Gasteiger charge is -2.16. The Labute approximate surface area is 190 Å². The minimum Gasteiger partial charge on any atom is -0.481 e. The van der Waals surface area contributed by atoms with E-state index in [9.17, 15) is 9.18 Å². The van der Waals surface area contributed by atoms with Crippen molar-refractivity contribution in [2.24, 2.45) is 0 Å². The highest BCUT2D eigenvalue weighted by Gasteiger charge is 2.20. The Morgan fingerprint density at radius 2 is 1.97 bits per heavy atom. The number of hydrogen-bond donors (Lipinski definition) is 1. The van der Waals surface area contributed by atoms with Gasteiger partial charge in [0.2, 0.25) is 5.91 Å². The summed E-state index contributed by atoms with van der Waals surface area (Å²) in [5, 5.41) is 12.2. The number of aryl methyl sites for hydroxylation is 2. The summed E-state index contributed by atoms with van der Waals surface area (Å²) in [6.07, 6.45) is -0.465. The van der Waals surface area contributed by atoms with Gasteiger partial charge in [0.1, 0.15) is 11.6 Å². The van der Waals surface area contributed by atoms with Crippen LogP contribution in [0.15, 0.2) is 41.6 Å². The lowest BCUT2D eigenvalue weighted by atomic mass is 10.1. The number of rotatable bonds is 8. The van der Waals surface area contributed by atoms with Crippen LogP contribution in [0.5, 0.6) is 5.75 Å². The van der Waals surface area contributed by atoms with E-state index in [2.05, 4.69) is 15.5 Å². The first kappa shape index (κ1) is 23.1. The highest BCUT2D eigenvalue weighted by molar-refractivity contribution is 7.99. The molecule has 0 fully saturated rings. The zero-order valence-electron chi connectivity index (χ0n) is 17.8. The van der Waals surface area contributed by atoms with Crippen LogP contribution in [-0.4, -0.2) is 26.4 Å². The average molecular weight is 463 g/mol. The van der Waals surface area contributed by atoms with E-state index >= 15 is 0 Å². The van der Waals surface area contributed by atoms with Crippen molar-refractivity contribution < 1.29 is 13.9 Å². The van der Waals surface area contributed by atoms with Crippen molar-refractivity contribution in [1.29, 1.82) is 0 Å². The number of benzene rings is 2. The van der Waals surface area contributed by atoms with Crippen molar-refractivity contribution in [2.45, 2.75) is 45.5 Å². The molecule has 3 aromatic rings. The maximum atomic E-state index is 13.3. The number of amides is 1. The summed E-state index contributed by atoms with van der Waals surface area (Å²) in [5.74, 6) is 0.616. The molecular formula is C22H24ClFN4O2S. The number of ether oxygens (including phenoxy) is 1. The summed E-state index contributed by atoms with van der Waals surface area (Å²) in [4.78, 5) is 12.5. The van der Waals surface area contributed by atoms with Crippen molar-refractivity contribution in [1.82, 2.24) is 14.8 Å². The average Bonchev–Trinajstić information content (AvgIpc) is 3.14. The minimum absolute atomic E-state index is 0.114. The van der Waals surface area contributed by atoms with Crippen molar-refractivity contribution in [2.75, 3.05) is 11.1 Å². The smallest absolute Gasteiger partial charge is 0.234 e. The lowest BCUT2D eigenvalue weighted by Crippen LogP contribution is -2.16. The van der Waals surface area contributed by atoms with E-state index in [1.165, 1.54) is 30.0 Å². The Hall–Kier alpha value is -2.58. The molecule has 0 radical (unpaired) electrons. The second-order valence-electron chi connectivity index (χ2n) is 7.02. The molecule has 1 atom stereocenters. The first-order chi connectivity index (χ1) is 14.8. The van der Waals surface area contributed by atoms with Crippen molar-refractivity contribution in [3.05, 3.63) is 64.2 Å².